The number of fused-ring (bicyclic) bond motifs is 2. The van der Waals surface area contributed by atoms with Gasteiger partial charge in [0.15, 0.2) is 0 Å². The van der Waals surface area contributed by atoms with E-state index in [9.17, 15) is 13.2 Å². The molecule has 0 saturated carbocycles. The van der Waals surface area contributed by atoms with E-state index in [2.05, 4.69) is 39.1 Å². The average Bonchev–Trinajstić information content (AvgIpc) is 3.35. The Hall–Kier alpha value is -2.55. The molecule has 8 heteroatoms. The number of carbonyl (C=O) groups excluding carboxylic acids is 1. The normalized spacial score (nSPS) is 17.5. The van der Waals surface area contributed by atoms with Crippen LogP contribution in [0.2, 0.25) is 0 Å². The molecule has 1 atom stereocenters. The minimum absolute atomic E-state index is 0.000612. The van der Waals surface area contributed by atoms with Crippen molar-refractivity contribution in [1.29, 1.82) is 0 Å². The number of hydrogen-bond donors (Lipinski definition) is 1. The molecule has 0 radical (unpaired) electrons. The molecule has 2 aromatic carbocycles. The number of benzene rings is 2. The standard InChI is InChI=1S/C23H20BrN3O3S/c24-19-12-16-6-8-27(21(16)13-22(19)31(25,29)30)23(28)18-9-14-4-5-15(10-17(14)11-18)20-3-1-2-7-26-20/h1-5,7,10,12-13,18H,6,8-9,11H2,(H2,25,29,30). The van der Waals surface area contributed by atoms with Crippen LogP contribution in [0.4, 0.5) is 5.69 Å². The lowest BCUT2D eigenvalue weighted by Crippen LogP contribution is -2.35. The van der Waals surface area contributed by atoms with Crippen LogP contribution in [0.25, 0.3) is 11.3 Å². The molecule has 31 heavy (non-hydrogen) atoms. The molecule has 1 aliphatic carbocycles. The van der Waals surface area contributed by atoms with Gasteiger partial charge >= 0.3 is 0 Å². The first-order valence-corrected chi connectivity index (χ1v) is 12.3. The van der Waals surface area contributed by atoms with Gasteiger partial charge in [-0.1, -0.05) is 18.2 Å². The number of halogens is 1. The van der Waals surface area contributed by atoms with Crippen molar-refractivity contribution in [2.24, 2.45) is 11.1 Å². The third-order valence-electron chi connectivity index (χ3n) is 6.05. The highest BCUT2D eigenvalue weighted by Crippen LogP contribution is 2.38. The summed E-state index contributed by atoms with van der Waals surface area (Å²) in [6, 6.07) is 15.3. The summed E-state index contributed by atoms with van der Waals surface area (Å²) in [6.45, 7) is 0.542. The number of rotatable bonds is 3. The predicted octanol–water partition coefficient (Wildman–Crippen LogP) is 3.46. The van der Waals surface area contributed by atoms with Crippen LogP contribution < -0.4 is 10.0 Å². The van der Waals surface area contributed by atoms with Gasteiger partial charge in [0.2, 0.25) is 15.9 Å². The Balaban J connectivity index is 1.41. The smallest absolute Gasteiger partial charge is 0.239 e. The molecule has 1 aliphatic heterocycles. The number of hydrogen-bond acceptors (Lipinski definition) is 4. The van der Waals surface area contributed by atoms with Crippen LogP contribution in [0, 0.1) is 5.92 Å². The van der Waals surface area contributed by atoms with Crippen LogP contribution in [0.3, 0.4) is 0 Å². The Kier molecular flexibility index (Phi) is 4.96. The molecule has 2 heterocycles. The Morgan fingerprint density at radius 3 is 2.61 bits per heavy atom. The number of amides is 1. The maximum atomic E-state index is 13.4. The minimum Gasteiger partial charge on any atom is -0.312 e. The number of primary sulfonamides is 1. The zero-order valence-electron chi connectivity index (χ0n) is 16.6. The van der Waals surface area contributed by atoms with Crippen molar-refractivity contribution in [2.45, 2.75) is 24.2 Å². The van der Waals surface area contributed by atoms with Gasteiger partial charge in [-0.3, -0.25) is 9.78 Å². The Morgan fingerprint density at radius 2 is 1.87 bits per heavy atom. The number of anilines is 1. The number of pyridine rings is 1. The van der Waals surface area contributed by atoms with Crippen molar-refractivity contribution in [3.63, 3.8) is 0 Å². The van der Waals surface area contributed by atoms with Crippen molar-refractivity contribution in [1.82, 2.24) is 4.98 Å². The van der Waals surface area contributed by atoms with Crippen LogP contribution in [0.1, 0.15) is 16.7 Å². The second-order valence-electron chi connectivity index (χ2n) is 8.00. The SMILES string of the molecule is NS(=O)(=O)c1cc2c(cc1Br)CCN2C(=O)C1Cc2ccc(-c3ccccn3)cc2C1. The molecule has 0 bridgehead atoms. The Bertz CT molecular complexity index is 1310. The summed E-state index contributed by atoms with van der Waals surface area (Å²) < 4.78 is 24.3. The van der Waals surface area contributed by atoms with E-state index in [1.165, 1.54) is 17.2 Å². The molecular formula is C23H20BrN3O3S. The maximum Gasteiger partial charge on any atom is 0.239 e. The third-order valence-corrected chi connectivity index (χ3v) is 7.92. The molecule has 0 saturated heterocycles. The summed E-state index contributed by atoms with van der Waals surface area (Å²) >= 11 is 3.29. The van der Waals surface area contributed by atoms with Crippen LogP contribution in [-0.4, -0.2) is 25.9 Å². The highest BCUT2D eigenvalue weighted by atomic mass is 79.9. The molecule has 2 aliphatic rings. The van der Waals surface area contributed by atoms with Crippen molar-refractivity contribution in [3.05, 3.63) is 75.9 Å². The fourth-order valence-electron chi connectivity index (χ4n) is 4.54. The molecular weight excluding hydrogens is 478 g/mol. The quantitative estimate of drug-likeness (QED) is 0.599. The van der Waals surface area contributed by atoms with E-state index in [0.717, 1.165) is 16.8 Å². The second-order valence-corrected chi connectivity index (χ2v) is 10.4. The Morgan fingerprint density at radius 1 is 1.06 bits per heavy atom. The lowest BCUT2D eigenvalue weighted by molar-refractivity contribution is -0.122. The molecule has 5 rings (SSSR count). The average molecular weight is 498 g/mol. The molecule has 1 aromatic heterocycles. The van der Waals surface area contributed by atoms with E-state index in [-0.39, 0.29) is 16.7 Å². The first-order chi connectivity index (χ1) is 14.8. The van der Waals surface area contributed by atoms with E-state index in [1.54, 1.807) is 17.2 Å². The van der Waals surface area contributed by atoms with E-state index in [0.29, 0.717) is 36.0 Å². The number of nitrogens with zero attached hydrogens (tertiary/aromatic N) is 2. The second kappa shape index (κ2) is 7.55. The van der Waals surface area contributed by atoms with Gasteiger partial charge in [-0.15, -0.1) is 0 Å². The topological polar surface area (TPSA) is 93.4 Å². The van der Waals surface area contributed by atoms with Gasteiger partial charge in [-0.25, -0.2) is 13.6 Å². The summed E-state index contributed by atoms with van der Waals surface area (Å²) in [5, 5.41) is 5.35. The number of carbonyl (C=O) groups is 1. The highest BCUT2D eigenvalue weighted by Gasteiger charge is 2.35. The van der Waals surface area contributed by atoms with E-state index in [4.69, 9.17) is 5.14 Å². The van der Waals surface area contributed by atoms with Gasteiger partial charge in [0.25, 0.3) is 0 Å². The van der Waals surface area contributed by atoms with Gasteiger partial charge in [-0.05, 0) is 82.2 Å². The molecule has 158 valence electrons. The fraction of sp³-hybridized carbons (Fsp3) is 0.217. The molecule has 0 fully saturated rings. The van der Waals surface area contributed by atoms with Crippen molar-refractivity contribution in [3.8, 4) is 11.3 Å². The molecule has 3 aromatic rings. The minimum atomic E-state index is -3.89. The number of aromatic nitrogens is 1. The third kappa shape index (κ3) is 3.69. The number of sulfonamides is 1. The van der Waals surface area contributed by atoms with E-state index >= 15 is 0 Å². The van der Waals surface area contributed by atoms with Crippen LogP contribution in [0.5, 0.6) is 0 Å². The monoisotopic (exact) mass is 497 g/mol. The lowest BCUT2D eigenvalue weighted by atomic mass is 10.0. The molecule has 6 nitrogen and oxygen atoms in total. The van der Waals surface area contributed by atoms with Gasteiger partial charge < -0.3 is 4.90 Å². The summed E-state index contributed by atoms with van der Waals surface area (Å²) in [4.78, 5) is 19.5. The molecule has 2 N–H and O–H groups in total. The summed E-state index contributed by atoms with van der Waals surface area (Å²) in [7, 11) is -3.89. The predicted molar refractivity (Wildman–Crippen MR) is 122 cm³/mol. The van der Waals surface area contributed by atoms with Crippen molar-refractivity contribution >= 4 is 37.5 Å². The zero-order chi connectivity index (χ0) is 21.8. The highest BCUT2D eigenvalue weighted by molar-refractivity contribution is 9.10. The first-order valence-electron chi connectivity index (χ1n) is 10.0. The van der Waals surface area contributed by atoms with Crippen molar-refractivity contribution < 1.29 is 13.2 Å². The maximum absolute atomic E-state index is 13.4. The summed E-state index contributed by atoms with van der Waals surface area (Å²) in [5.74, 6) is -0.140. The first kappa shape index (κ1) is 20.4. The van der Waals surface area contributed by atoms with Crippen LogP contribution >= 0.6 is 15.9 Å². The van der Waals surface area contributed by atoms with E-state index < -0.39 is 10.0 Å². The largest absolute Gasteiger partial charge is 0.312 e. The van der Waals surface area contributed by atoms with Gasteiger partial charge in [0.1, 0.15) is 0 Å². The van der Waals surface area contributed by atoms with Gasteiger partial charge in [0.05, 0.1) is 10.6 Å². The van der Waals surface area contributed by atoms with Crippen molar-refractivity contribution in [2.75, 3.05) is 11.4 Å². The van der Waals surface area contributed by atoms with Crippen LogP contribution in [0.15, 0.2) is 64.1 Å². The van der Waals surface area contributed by atoms with Crippen LogP contribution in [-0.2, 0) is 34.1 Å². The van der Waals surface area contributed by atoms with Gasteiger partial charge in [0, 0.05) is 34.4 Å². The lowest BCUT2D eigenvalue weighted by Gasteiger charge is -2.22. The molecule has 0 spiro atoms. The van der Waals surface area contributed by atoms with Gasteiger partial charge in [-0.2, -0.15) is 0 Å². The van der Waals surface area contributed by atoms with E-state index in [1.807, 2.05) is 18.2 Å². The number of nitrogens with two attached hydrogens (primary N) is 1. The Labute approximate surface area is 189 Å². The molecule has 1 unspecified atom stereocenters. The summed E-state index contributed by atoms with van der Waals surface area (Å²) in [6.07, 6.45) is 3.81. The summed E-state index contributed by atoms with van der Waals surface area (Å²) in [5.41, 5.74) is 5.89. The zero-order valence-corrected chi connectivity index (χ0v) is 19.0. The fourth-order valence-corrected chi connectivity index (χ4v) is 6.22. The molecule has 1 amide bonds.